The van der Waals surface area contributed by atoms with Gasteiger partial charge in [0.25, 0.3) is 0 Å². The van der Waals surface area contributed by atoms with Gasteiger partial charge in [-0.05, 0) is 28.1 Å². The molecular weight excluding hydrogens is 260 g/mol. The van der Waals surface area contributed by atoms with Gasteiger partial charge in [-0.15, -0.1) is 11.8 Å². The first kappa shape index (κ1) is 12.0. The molecule has 0 aliphatic heterocycles. The average molecular weight is 275 g/mol. The lowest BCUT2D eigenvalue weighted by Gasteiger charge is -2.06. The van der Waals surface area contributed by atoms with Gasteiger partial charge in [-0.25, -0.2) is 4.98 Å². The predicted octanol–water partition coefficient (Wildman–Crippen LogP) is 2.93. The maximum absolute atomic E-state index is 4.28. The van der Waals surface area contributed by atoms with E-state index in [0.717, 1.165) is 21.8 Å². The quantitative estimate of drug-likeness (QED) is 0.660. The van der Waals surface area contributed by atoms with E-state index < -0.39 is 0 Å². The molecule has 1 rings (SSSR count). The summed E-state index contributed by atoms with van der Waals surface area (Å²) in [6.07, 6.45) is 1.83. The van der Waals surface area contributed by atoms with Crippen LogP contribution in [0.4, 0.5) is 0 Å². The fourth-order valence-electron chi connectivity index (χ4n) is 0.951. The van der Waals surface area contributed by atoms with Gasteiger partial charge in [0.2, 0.25) is 0 Å². The number of thioether (sulfide) groups is 1. The van der Waals surface area contributed by atoms with Crippen molar-refractivity contribution in [1.29, 1.82) is 0 Å². The largest absolute Gasteiger partial charge is 0.314 e. The van der Waals surface area contributed by atoms with Gasteiger partial charge in [-0.2, -0.15) is 0 Å². The van der Waals surface area contributed by atoms with Crippen LogP contribution in [-0.4, -0.2) is 23.3 Å². The maximum atomic E-state index is 4.28. The number of nitrogens with zero attached hydrogens (tertiary/aromatic N) is 1. The van der Waals surface area contributed by atoms with Crippen molar-refractivity contribution in [3.05, 3.63) is 22.8 Å². The molecule has 1 aromatic rings. The zero-order valence-corrected chi connectivity index (χ0v) is 10.9. The van der Waals surface area contributed by atoms with Crippen LogP contribution in [0.3, 0.4) is 0 Å². The lowest BCUT2D eigenvalue weighted by Crippen LogP contribution is -2.24. The summed E-state index contributed by atoms with van der Waals surface area (Å²) in [6, 6.07) is 4.61. The first-order chi connectivity index (χ1) is 6.68. The highest BCUT2D eigenvalue weighted by atomic mass is 79.9. The van der Waals surface area contributed by atoms with Gasteiger partial charge in [0, 0.05) is 29.0 Å². The second kappa shape index (κ2) is 6.43. The summed E-state index contributed by atoms with van der Waals surface area (Å²) in [6.45, 7) is 5.34. The van der Waals surface area contributed by atoms with E-state index in [9.17, 15) is 0 Å². The van der Waals surface area contributed by atoms with E-state index in [1.807, 2.05) is 18.3 Å². The monoisotopic (exact) mass is 274 g/mol. The summed E-state index contributed by atoms with van der Waals surface area (Å²) in [5.41, 5.74) is 0. The lowest BCUT2D eigenvalue weighted by molar-refractivity contribution is 0.616. The first-order valence-electron chi connectivity index (χ1n) is 4.66. The number of rotatable bonds is 5. The number of aromatic nitrogens is 1. The molecule has 0 fully saturated rings. The molecule has 4 heteroatoms. The molecule has 0 bridgehead atoms. The first-order valence-corrected chi connectivity index (χ1v) is 6.44. The molecule has 0 aliphatic carbocycles. The van der Waals surface area contributed by atoms with E-state index in [4.69, 9.17) is 0 Å². The lowest BCUT2D eigenvalue weighted by atomic mass is 10.4. The van der Waals surface area contributed by atoms with E-state index in [-0.39, 0.29) is 0 Å². The van der Waals surface area contributed by atoms with Crippen LogP contribution in [0.15, 0.2) is 27.8 Å². The van der Waals surface area contributed by atoms with Crippen LogP contribution < -0.4 is 5.32 Å². The van der Waals surface area contributed by atoms with Crippen LogP contribution in [0, 0.1) is 0 Å². The highest BCUT2D eigenvalue weighted by Crippen LogP contribution is 2.16. The van der Waals surface area contributed by atoms with Gasteiger partial charge in [0.15, 0.2) is 0 Å². The molecule has 0 aliphatic rings. The van der Waals surface area contributed by atoms with Crippen LogP contribution in [-0.2, 0) is 0 Å². The molecule has 0 radical (unpaired) electrons. The molecule has 1 heterocycles. The normalized spacial score (nSPS) is 10.9. The van der Waals surface area contributed by atoms with Crippen molar-refractivity contribution in [2.75, 3.05) is 12.3 Å². The minimum Gasteiger partial charge on any atom is -0.314 e. The third-order valence-electron chi connectivity index (χ3n) is 1.60. The molecule has 2 nitrogen and oxygen atoms in total. The second-order valence-electron chi connectivity index (χ2n) is 3.27. The van der Waals surface area contributed by atoms with Crippen molar-refractivity contribution < 1.29 is 0 Å². The van der Waals surface area contributed by atoms with Crippen LogP contribution in [0.25, 0.3) is 0 Å². The number of pyridine rings is 1. The summed E-state index contributed by atoms with van der Waals surface area (Å²) < 4.78 is 1.03. The Morgan fingerprint density at radius 3 is 2.86 bits per heavy atom. The van der Waals surface area contributed by atoms with Crippen molar-refractivity contribution in [2.45, 2.75) is 24.9 Å². The summed E-state index contributed by atoms with van der Waals surface area (Å²) in [7, 11) is 0. The fourth-order valence-corrected chi connectivity index (χ4v) is 1.91. The number of halogens is 1. The average Bonchev–Trinajstić information content (AvgIpc) is 2.15. The van der Waals surface area contributed by atoms with Crippen molar-refractivity contribution in [3.63, 3.8) is 0 Å². The fraction of sp³-hybridized carbons (Fsp3) is 0.500. The molecular formula is C10H15BrN2S. The molecule has 0 aromatic carbocycles. The van der Waals surface area contributed by atoms with Crippen molar-refractivity contribution in [3.8, 4) is 0 Å². The third-order valence-corrected chi connectivity index (χ3v) is 3.02. The number of nitrogens with one attached hydrogen (secondary N) is 1. The standard InChI is InChI=1S/C10H15BrN2S/c1-8(2)12-5-6-14-10-4-3-9(11)7-13-10/h3-4,7-8,12H,5-6H2,1-2H3. The molecule has 0 atom stereocenters. The van der Waals surface area contributed by atoms with E-state index in [1.54, 1.807) is 11.8 Å². The van der Waals surface area contributed by atoms with Crippen molar-refractivity contribution in [2.24, 2.45) is 0 Å². The topological polar surface area (TPSA) is 24.9 Å². The van der Waals surface area contributed by atoms with Crippen LogP contribution in [0.5, 0.6) is 0 Å². The SMILES string of the molecule is CC(C)NCCSc1ccc(Br)cn1. The number of hydrogen-bond donors (Lipinski definition) is 1. The Morgan fingerprint density at radius 1 is 1.50 bits per heavy atom. The highest BCUT2D eigenvalue weighted by molar-refractivity contribution is 9.10. The Morgan fingerprint density at radius 2 is 2.29 bits per heavy atom. The van der Waals surface area contributed by atoms with Gasteiger partial charge in [0.05, 0.1) is 5.03 Å². The predicted molar refractivity (Wildman–Crippen MR) is 65.8 cm³/mol. The van der Waals surface area contributed by atoms with Gasteiger partial charge in [-0.1, -0.05) is 13.8 Å². The Labute approximate surface area is 98.0 Å². The van der Waals surface area contributed by atoms with Gasteiger partial charge < -0.3 is 5.32 Å². The van der Waals surface area contributed by atoms with Crippen molar-refractivity contribution >= 4 is 27.7 Å². The van der Waals surface area contributed by atoms with Crippen LogP contribution in [0.2, 0.25) is 0 Å². The number of hydrogen-bond acceptors (Lipinski definition) is 3. The molecule has 78 valence electrons. The Kier molecular flexibility index (Phi) is 5.52. The zero-order chi connectivity index (χ0) is 10.4. The summed E-state index contributed by atoms with van der Waals surface area (Å²) in [4.78, 5) is 4.28. The molecule has 14 heavy (non-hydrogen) atoms. The molecule has 0 saturated carbocycles. The molecule has 1 N–H and O–H groups in total. The van der Waals surface area contributed by atoms with E-state index in [1.165, 1.54) is 0 Å². The maximum Gasteiger partial charge on any atom is 0.0961 e. The zero-order valence-electron chi connectivity index (χ0n) is 8.46. The minimum absolute atomic E-state index is 0.563. The smallest absolute Gasteiger partial charge is 0.0961 e. The van der Waals surface area contributed by atoms with Gasteiger partial charge in [-0.3, -0.25) is 0 Å². The van der Waals surface area contributed by atoms with E-state index in [2.05, 4.69) is 40.1 Å². The highest BCUT2D eigenvalue weighted by Gasteiger charge is 1.96. The Balaban J connectivity index is 2.21. The third kappa shape index (κ3) is 4.98. The summed E-state index contributed by atoms with van der Waals surface area (Å²) >= 11 is 5.14. The minimum atomic E-state index is 0.563. The molecule has 0 spiro atoms. The van der Waals surface area contributed by atoms with Crippen molar-refractivity contribution in [1.82, 2.24) is 10.3 Å². The Hall–Kier alpha value is -0.0600. The molecule has 0 saturated heterocycles. The molecule has 0 unspecified atom stereocenters. The molecule has 0 amide bonds. The van der Waals surface area contributed by atoms with E-state index in [0.29, 0.717) is 6.04 Å². The van der Waals surface area contributed by atoms with Gasteiger partial charge >= 0.3 is 0 Å². The van der Waals surface area contributed by atoms with Crippen LogP contribution >= 0.6 is 27.7 Å². The van der Waals surface area contributed by atoms with Crippen LogP contribution in [0.1, 0.15) is 13.8 Å². The summed E-state index contributed by atoms with van der Waals surface area (Å²) in [5.74, 6) is 1.06. The second-order valence-corrected chi connectivity index (χ2v) is 5.30. The Bertz CT molecular complexity index is 261. The summed E-state index contributed by atoms with van der Waals surface area (Å²) in [5, 5.41) is 4.45. The molecule has 1 aromatic heterocycles. The van der Waals surface area contributed by atoms with Gasteiger partial charge in [0.1, 0.15) is 0 Å². The van der Waals surface area contributed by atoms with E-state index >= 15 is 0 Å².